The van der Waals surface area contributed by atoms with Crippen molar-refractivity contribution in [2.24, 2.45) is 0 Å². The summed E-state index contributed by atoms with van der Waals surface area (Å²) in [5.41, 5.74) is 1.06. The van der Waals surface area contributed by atoms with Gasteiger partial charge in [-0.3, -0.25) is 9.69 Å². The quantitative estimate of drug-likeness (QED) is 0.678. The molecule has 1 saturated heterocycles. The Morgan fingerprint density at radius 1 is 1.71 bits per heavy atom. The SMILES string of the molecule is C=C(C)CN1CCOCC1CC(=O)O. The van der Waals surface area contributed by atoms with E-state index in [0.717, 1.165) is 18.7 Å². The van der Waals surface area contributed by atoms with Crippen molar-refractivity contribution in [3.63, 3.8) is 0 Å². The molecule has 1 aliphatic rings. The van der Waals surface area contributed by atoms with Crippen molar-refractivity contribution in [1.82, 2.24) is 4.90 Å². The molecule has 0 spiro atoms. The standard InChI is InChI=1S/C10H17NO3/c1-8(2)6-11-3-4-14-7-9(11)5-10(12)13/h9H,1,3-7H2,2H3,(H,12,13). The number of morpholine rings is 1. The van der Waals surface area contributed by atoms with Gasteiger partial charge in [0.25, 0.3) is 0 Å². The summed E-state index contributed by atoms with van der Waals surface area (Å²) in [5, 5.41) is 8.71. The Morgan fingerprint density at radius 2 is 2.43 bits per heavy atom. The van der Waals surface area contributed by atoms with Crippen molar-refractivity contribution >= 4 is 5.97 Å². The summed E-state index contributed by atoms with van der Waals surface area (Å²) < 4.78 is 5.26. The predicted molar refractivity (Wildman–Crippen MR) is 53.2 cm³/mol. The summed E-state index contributed by atoms with van der Waals surface area (Å²) in [7, 11) is 0. The molecule has 0 aromatic heterocycles. The third-order valence-electron chi connectivity index (χ3n) is 2.23. The molecular formula is C10H17NO3. The number of hydrogen-bond donors (Lipinski definition) is 1. The first-order chi connectivity index (χ1) is 6.59. The summed E-state index contributed by atoms with van der Waals surface area (Å²) in [6.45, 7) is 8.54. The zero-order chi connectivity index (χ0) is 10.6. The van der Waals surface area contributed by atoms with Crippen LogP contribution in [0.3, 0.4) is 0 Å². The van der Waals surface area contributed by atoms with Crippen molar-refractivity contribution in [2.45, 2.75) is 19.4 Å². The van der Waals surface area contributed by atoms with Crippen LogP contribution in [0, 0.1) is 0 Å². The zero-order valence-electron chi connectivity index (χ0n) is 8.53. The van der Waals surface area contributed by atoms with E-state index in [1.165, 1.54) is 0 Å². The summed E-state index contributed by atoms with van der Waals surface area (Å²) in [4.78, 5) is 12.7. The minimum Gasteiger partial charge on any atom is -0.481 e. The molecule has 80 valence electrons. The smallest absolute Gasteiger partial charge is 0.305 e. The summed E-state index contributed by atoms with van der Waals surface area (Å²) in [5.74, 6) is -0.771. The van der Waals surface area contributed by atoms with Crippen LogP contribution in [-0.2, 0) is 9.53 Å². The van der Waals surface area contributed by atoms with Crippen molar-refractivity contribution in [1.29, 1.82) is 0 Å². The molecule has 1 aliphatic heterocycles. The van der Waals surface area contributed by atoms with E-state index >= 15 is 0 Å². The Bertz CT molecular complexity index is 203. The van der Waals surface area contributed by atoms with Gasteiger partial charge in [-0.15, -0.1) is 0 Å². The van der Waals surface area contributed by atoms with Gasteiger partial charge in [-0.2, -0.15) is 0 Å². The molecule has 4 heteroatoms. The molecular weight excluding hydrogens is 182 g/mol. The summed E-state index contributed by atoms with van der Waals surface area (Å²) >= 11 is 0. The average molecular weight is 199 g/mol. The second kappa shape index (κ2) is 5.12. The van der Waals surface area contributed by atoms with Crippen molar-refractivity contribution < 1.29 is 14.6 Å². The number of nitrogens with zero attached hydrogens (tertiary/aromatic N) is 1. The highest BCUT2D eigenvalue weighted by atomic mass is 16.5. The molecule has 1 N–H and O–H groups in total. The molecule has 0 aromatic rings. The maximum Gasteiger partial charge on any atom is 0.305 e. The van der Waals surface area contributed by atoms with E-state index in [2.05, 4.69) is 11.5 Å². The molecule has 0 aromatic carbocycles. The normalized spacial score (nSPS) is 23.4. The van der Waals surface area contributed by atoms with Gasteiger partial charge in [-0.25, -0.2) is 0 Å². The number of ether oxygens (including phenoxy) is 1. The predicted octanol–water partition coefficient (Wildman–Crippen LogP) is 0.738. The number of carbonyl (C=O) groups is 1. The van der Waals surface area contributed by atoms with Crippen LogP contribution in [0.15, 0.2) is 12.2 Å². The van der Waals surface area contributed by atoms with Crippen LogP contribution in [0.5, 0.6) is 0 Å². The molecule has 0 radical (unpaired) electrons. The third kappa shape index (κ3) is 3.47. The Labute approximate surface area is 84.2 Å². The van der Waals surface area contributed by atoms with Crippen LogP contribution in [0.25, 0.3) is 0 Å². The Morgan fingerprint density at radius 3 is 3.00 bits per heavy atom. The molecule has 1 heterocycles. The van der Waals surface area contributed by atoms with E-state index in [0.29, 0.717) is 13.2 Å². The number of aliphatic carboxylic acids is 1. The summed E-state index contributed by atoms with van der Waals surface area (Å²) in [6, 6.07) is -0.00190. The van der Waals surface area contributed by atoms with Crippen LogP contribution in [0.2, 0.25) is 0 Å². The Hall–Kier alpha value is -0.870. The van der Waals surface area contributed by atoms with E-state index < -0.39 is 5.97 Å². The molecule has 0 amide bonds. The Balaban J connectivity index is 2.49. The maximum absolute atomic E-state index is 10.6. The zero-order valence-corrected chi connectivity index (χ0v) is 8.53. The second-order valence-electron chi connectivity index (χ2n) is 3.75. The van der Waals surface area contributed by atoms with Crippen LogP contribution < -0.4 is 0 Å². The van der Waals surface area contributed by atoms with Crippen molar-refractivity contribution in [2.75, 3.05) is 26.3 Å². The van der Waals surface area contributed by atoms with E-state index in [1.54, 1.807) is 0 Å². The lowest BCUT2D eigenvalue weighted by atomic mass is 10.1. The molecule has 0 bridgehead atoms. The average Bonchev–Trinajstić information content (AvgIpc) is 2.06. The van der Waals surface area contributed by atoms with Gasteiger partial charge in [0.2, 0.25) is 0 Å². The first kappa shape index (κ1) is 11.2. The van der Waals surface area contributed by atoms with E-state index in [9.17, 15) is 4.79 Å². The number of rotatable bonds is 4. The molecule has 14 heavy (non-hydrogen) atoms. The van der Waals surface area contributed by atoms with E-state index in [4.69, 9.17) is 9.84 Å². The molecule has 1 unspecified atom stereocenters. The van der Waals surface area contributed by atoms with Gasteiger partial charge in [0.1, 0.15) is 0 Å². The molecule has 1 fully saturated rings. The first-order valence-corrected chi connectivity index (χ1v) is 4.77. The lowest BCUT2D eigenvalue weighted by Gasteiger charge is -2.34. The van der Waals surface area contributed by atoms with Gasteiger partial charge in [-0.1, -0.05) is 12.2 Å². The molecule has 0 aliphatic carbocycles. The number of carboxylic acid groups (broad SMARTS) is 1. The highest BCUT2D eigenvalue weighted by molar-refractivity contribution is 5.67. The van der Waals surface area contributed by atoms with Gasteiger partial charge in [-0.05, 0) is 6.92 Å². The first-order valence-electron chi connectivity index (χ1n) is 4.77. The largest absolute Gasteiger partial charge is 0.481 e. The summed E-state index contributed by atoms with van der Waals surface area (Å²) in [6.07, 6.45) is 0.146. The van der Waals surface area contributed by atoms with E-state index in [1.807, 2.05) is 6.92 Å². The van der Waals surface area contributed by atoms with Crippen LogP contribution in [-0.4, -0.2) is 48.3 Å². The van der Waals surface area contributed by atoms with Gasteiger partial charge >= 0.3 is 5.97 Å². The number of carboxylic acids is 1. The maximum atomic E-state index is 10.6. The second-order valence-corrected chi connectivity index (χ2v) is 3.75. The van der Waals surface area contributed by atoms with Crippen molar-refractivity contribution in [3.8, 4) is 0 Å². The van der Waals surface area contributed by atoms with Crippen LogP contribution in [0.1, 0.15) is 13.3 Å². The minimum atomic E-state index is -0.771. The minimum absolute atomic E-state index is 0.00190. The van der Waals surface area contributed by atoms with Crippen molar-refractivity contribution in [3.05, 3.63) is 12.2 Å². The van der Waals surface area contributed by atoms with Gasteiger partial charge in [0, 0.05) is 19.1 Å². The molecule has 1 atom stereocenters. The number of hydrogen-bond acceptors (Lipinski definition) is 3. The molecule has 1 rings (SSSR count). The monoisotopic (exact) mass is 199 g/mol. The van der Waals surface area contributed by atoms with E-state index in [-0.39, 0.29) is 12.5 Å². The highest BCUT2D eigenvalue weighted by Crippen LogP contribution is 2.11. The lowest BCUT2D eigenvalue weighted by molar-refractivity contribution is -0.140. The lowest BCUT2D eigenvalue weighted by Crippen LogP contribution is -2.46. The van der Waals surface area contributed by atoms with Crippen LogP contribution >= 0.6 is 0 Å². The van der Waals surface area contributed by atoms with Gasteiger partial charge < -0.3 is 9.84 Å². The highest BCUT2D eigenvalue weighted by Gasteiger charge is 2.24. The third-order valence-corrected chi connectivity index (χ3v) is 2.23. The molecule has 4 nitrogen and oxygen atoms in total. The van der Waals surface area contributed by atoms with Gasteiger partial charge in [0.15, 0.2) is 0 Å². The van der Waals surface area contributed by atoms with Crippen LogP contribution in [0.4, 0.5) is 0 Å². The Kier molecular flexibility index (Phi) is 4.10. The fourth-order valence-corrected chi connectivity index (χ4v) is 1.63. The fraction of sp³-hybridized carbons (Fsp3) is 0.700. The fourth-order valence-electron chi connectivity index (χ4n) is 1.63. The topological polar surface area (TPSA) is 49.8 Å². The van der Waals surface area contributed by atoms with Gasteiger partial charge in [0.05, 0.1) is 19.6 Å². The molecule has 0 saturated carbocycles.